The lowest BCUT2D eigenvalue weighted by atomic mass is 10.0. The highest BCUT2D eigenvalue weighted by Crippen LogP contribution is 2.17. The minimum Gasteiger partial charge on any atom is -0.342 e. The smallest absolute Gasteiger partial charge is 0.200 e. The number of para-hydroxylation sites is 1. The van der Waals surface area contributed by atoms with Gasteiger partial charge in [0.2, 0.25) is 5.43 Å². The third kappa shape index (κ3) is 3.22. The molecule has 4 rings (SSSR count). The fourth-order valence-electron chi connectivity index (χ4n) is 3.20. The van der Waals surface area contributed by atoms with E-state index < -0.39 is 17.0 Å². The van der Waals surface area contributed by atoms with E-state index in [2.05, 4.69) is 0 Å². The van der Waals surface area contributed by atoms with E-state index in [9.17, 15) is 18.4 Å². The van der Waals surface area contributed by atoms with Gasteiger partial charge in [-0.15, -0.1) is 0 Å². The first kappa shape index (κ1) is 17.8. The lowest BCUT2D eigenvalue weighted by Crippen LogP contribution is -2.20. The number of benzene rings is 3. The molecular weight excluding hydrogens is 360 g/mol. The van der Waals surface area contributed by atoms with Gasteiger partial charge in [0.15, 0.2) is 5.78 Å². The van der Waals surface area contributed by atoms with Gasteiger partial charge >= 0.3 is 0 Å². The zero-order valence-electron chi connectivity index (χ0n) is 14.7. The van der Waals surface area contributed by atoms with Crippen molar-refractivity contribution in [3.8, 4) is 0 Å². The number of ketones is 1. The molecular formula is C23H15F2NO2. The second-order valence-electron chi connectivity index (χ2n) is 6.44. The van der Waals surface area contributed by atoms with Crippen molar-refractivity contribution in [1.82, 2.24) is 4.57 Å². The van der Waals surface area contributed by atoms with Crippen LogP contribution in [0.4, 0.5) is 8.78 Å². The lowest BCUT2D eigenvalue weighted by molar-refractivity contribution is 0.103. The molecule has 3 nitrogen and oxygen atoms in total. The average molecular weight is 375 g/mol. The molecule has 0 saturated carbocycles. The van der Waals surface area contributed by atoms with E-state index in [1.165, 1.54) is 36.5 Å². The monoisotopic (exact) mass is 375 g/mol. The van der Waals surface area contributed by atoms with Crippen LogP contribution in [0.15, 0.2) is 83.8 Å². The number of aromatic nitrogens is 1. The van der Waals surface area contributed by atoms with Gasteiger partial charge in [-0.25, -0.2) is 8.78 Å². The molecule has 0 bridgehead atoms. The van der Waals surface area contributed by atoms with Crippen LogP contribution in [0.5, 0.6) is 0 Å². The topological polar surface area (TPSA) is 39.1 Å². The molecule has 0 radical (unpaired) electrons. The Morgan fingerprint density at radius 1 is 0.857 bits per heavy atom. The normalized spacial score (nSPS) is 10.9. The van der Waals surface area contributed by atoms with Crippen molar-refractivity contribution in [3.05, 3.63) is 118 Å². The molecule has 0 saturated heterocycles. The van der Waals surface area contributed by atoms with Crippen molar-refractivity contribution >= 4 is 16.7 Å². The summed E-state index contributed by atoms with van der Waals surface area (Å²) in [6.07, 6.45) is 1.45. The summed E-state index contributed by atoms with van der Waals surface area (Å²) in [6.45, 7) is 0.164. The summed E-state index contributed by atoms with van der Waals surface area (Å²) < 4.78 is 29.0. The minimum absolute atomic E-state index is 0.0401. The van der Waals surface area contributed by atoms with Gasteiger partial charge in [0.25, 0.3) is 0 Å². The van der Waals surface area contributed by atoms with Crippen LogP contribution >= 0.6 is 0 Å². The molecule has 0 aliphatic carbocycles. The van der Waals surface area contributed by atoms with Gasteiger partial charge in [-0.3, -0.25) is 9.59 Å². The maximum absolute atomic E-state index is 14.1. The average Bonchev–Trinajstić information content (AvgIpc) is 2.72. The Morgan fingerprint density at radius 2 is 1.54 bits per heavy atom. The summed E-state index contributed by atoms with van der Waals surface area (Å²) in [5.41, 5.74) is 0.811. The number of pyridine rings is 1. The summed E-state index contributed by atoms with van der Waals surface area (Å²) in [5, 5.41) is 0.367. The number of fused-ring (bicyclic) bond motifs is 1. The van der Waals surface area contributed by atoms with Crippen LogP contribution in [0.1, 0.15) is 21.5 Å². The Kier molecular flexibility index (Phi) is 4.57. The molecule has 28 heavy (non-hydrogen) atoms. The van der Waals surface area contributed by atoms with Crippen LogP contribution in [0, 0.1) is 11.6 Å². The molecule has 0 amide bonds. The van der Waals surface area contributed by atoms with Crippen LogP contribution in [-0.4, -0.2) is 10.4 Å². The third-order valence-electron chi connectivity index (χ3n) is 4.64. The molecule has 0 N–H and O–H groups in total. The van der Waals surface area contributed by atoms with Crippen molar-refractivity contribution in [2.75, 3.05) is 0 Å². The Hall–Kier alpha value is -3.60. The Labute approximate surface area is 159 Å². The molecule has 0 aliphatic rings. The van der Waals surface area contributed by atoms with E-state index in [4.69, 9.17) is 0 Å². The van der Waals surface area contributed by atoms with Crippen molar-refractivity contribution in [1.29, 1.82) is 0 Å². The van der Waals surface area contributed by atoms with Gasteiger partial charge in [0, 0.05) is 22.7 Å². The van der Waals surface area contributed by atoms with Gasteiger partial charge in [-0.05, 0) is 42.5 Å². The van der Waals surface area contributed by atoms with E-state index >= 15 is 0 Å². The van der Waals surface area contributed by atoms with Crippen molar-refractivity contribution < 1.29 is 13.6 Å². The number of halogens is 2. The molecule has 138 valence electrons. The second-order valence-corrected chi connectivity index (χ2v) is 6.44. The third-order valence-corrected chi connectivity index (χ3v) is 4.64. The first-order valence-corrected chi connectivity index (χ1v) is 8.70. The highest BCUT2D eigenvalue weighted by molar-refractivity contribution is 6.10. The lowest BCUT2D eigenvalue weighted by Gasteiger charge is -2.14. The Bertz CT molecular complexity index is 1240. The van der Waals surface area contributed by atoms with Crippen LogP contribution in [0.25, 0.3) is 10.9 Å². The highest BCUT2D eigenvalue weighted by Gasteiger charge is 2.17. The summed E-state index contributed by atoms with van der Waals surface area (Å²) in [4.78, 5) is 25.8. The summed E-state index contributed by atoms with van der Waals surface area (Å²) >= 11 is 0. The molecule has 1 aromatic heterocycles. The molecule has 0 unspecified atom stereocenters. The maximum atomic E-state index is 14.1. The SMILES string of the molecule is O=C(c1ccc(F)cc1)c1cn(Cc2ccccc2F)c2ccccc2c1=O. The van der Waals surface area contributed by atoms with Gasteiger partial charge in [0.05, 0.1) is 17.6 Å². The van der Waals surface area contributed by atoms with Gasteiger partial charge in [-0.1, -0.05) is 30.3 Å². The molecule has 0 atom stereocenters. The molecule has 0 aliphatic heterocycles. The Balaban J connectivity index is 1.89. The van der Waals surface area contributed by atoms with E-state index in [1.54, 1.807) is 47.0 Å². The molecule has 3 aromatic carbocycles. The van der Waals surface area contributed by atoms with Crippen molar-refractivity contribution in [2.45, 2.75) is 6.54 Å². The highest BCUT2D eigenvalue weighted by atomic mass is 19.1. The van der Waals surface area contributed by atoms with E-state index in [1.807, 2.05) is 0 Å². The van der Waals surface area contributed by atoms with E-state index in [0.29, 0.717) is 16.5 Å². The van der Waals surface area contributed by atoms with Crippen LogP contribution in [0.3, 0.4) is 0 Å². The summed E-state index contributed by atoms with van der Waals surface area (Å²) in [7, 11) is 0. The quantitative estimate of drug-likeness (QED) is 0.491. The standard InChI is InChI=1S/C23H15F2NO2/c24-17-11-9-15(10-12-17)22(27)19-14-26(13-16-5-1-3-7-20(16)25)21-8-4-2-6-18(21)23(19)28/h1-12,14H,13H2. The maximum Gasteiger partial charge on any atom is 0.200 e. The first-order chi connectivity index (χ1) is 13.5. The Morgan fingerprint density at radius 3 is 2.29 bits per heavy atom. The molecule has 5 heteroatoms. The predicted molar refractivity (Wildman–Crippen MR) is 104 cm³/mol. The van der Waals surface area contributed by atoms with E-state index in [-0.39, 0.29) is 23.5 Å². The number of rotatable bonds is 4. The number of carbonyl (C=O) groups is 1. The predicted octanol–water partition coefficient (Wildman–Crippen LogP) is 4.56. The number of hydrogen-bond donors (Lipinski definition) is 0. The van der Waals surface area contributed by atoms with Crippen LogP contribution < -0.4 is 5.43 Å². The second kappa shape index (κ2) is 7.19. The number of hydrogen-bond acceptors (Lipinski definition) is 2. The molecule has 4 aromatic rings. The fraction of sp³-hybridized carbons (Fsp3) is 0.0435. The first-order valence-electron chi connectivity index (χ1n) is 8.70. The largest absolute Gasteiger partial charge is 0.342 e. The van der Waals surface area contributed by atoms with E-state index in [0.717, 1.165) is 0 Å². The number of carbonyl (C=O) groups excluding carboxylic acids is 1. The van der Waals surface area contributed by atoms with Crippen molar-refractivity contribution in [3.63, 3.8) is 0 Å². The zero-order chi connectivity index (χ0) is 19.7. The minimum atomic E-state index is -0.502. The fourth-order valence-corrected chi connectivity index (χ4v) is 3.20. The van der Waals surface area contributed by atoms with Crippen molar-refractivity contribution in [2.24, 2.45) is 0 Å². The summed E-state index contributed by atoms with van der Waals surface area (Å²) in [5.74, 6) is -1.33. The number of nitrogens with zero attached hydrogens (tertiary/aromatic N) is 1. The molecule has 0 spiro atoms. The zero-order valence-corrected chi connectivity index (χ0v) is 14.7. The van der Waals surface area contributed by atoms with Gasteiger partial charge < -0.3 is 4.57 Å². The molecule has 0 fully saturated rings. The van der Waals surface area contributed by atoms with Crippen LogP contribution in [-0.2, 0) is 6.54 Å². The van der Waals surface area contributed by atoms with Gasteiger partial charge in [-0.2, -0.15) is 0 Å². The van der Waals surface area contributed by atoms with Crippen LogP contribution in [0.2, 0.25) is 0 Å². The van der Waals surface area contributed by atoms with Gasteiger partial charge in [0.1, 0.15) is 11.6 Å². The molecule has 1 heterocycles. The summed E-state index contributed by atoms with van der Waals surface area (Å²) in [6, 6.07) is 18.3.